The molecular formula is C19H20F2N2O4. The molecule has 0 aliphatic heterocycles. The van der Waals surface area contributed by atoms with Gasteiger partial charge in [0, 0.05) is 11.3 Å². The number of oxime groups is 1. The number of amides is 1. The molecule has 0 atom stereocenters. The molecule has 2 aromatic rings. The highest BCUT2D eigenvalue weighted by Crippen LogP contribution is 2.28. The number of hydrogen-bond donors (Lipinski definition) is 1. The maximum absolute atomic E-state index is 12.3. The summed E-state index contributed by atoms with van der Waals surface area (Å²) in [6, 6.07) is 11.8. The molecule has 0 fully saturated rings. The van der Waals surface area contributed by atoms with Gasteiger partial charge in [-0.25, -0.2) is 0 Å². The van der Waals surface area contributed by atoms with E-state index in [1.54, 1.807) is 6.07 Å². The minimum atomic E-state index is -2.95. The fourth-order valence-electron chi connectivity index (χ4n) is 2.22. The summed E-state index contributed by atoms with van der Waals surface area (Å²) in [4.78, 5) is 16.8. The Morgan fingerprint density at radius 2 is 2.04 bits per heavy atom. The molecule has 0 saturated carbocycles. The number of halogens is 2. The molecule has 144 valence electrons. The smallest absolute Gasteiger partial charge is 0.387 e. The van der Waals surface area contributed by atoms with Crippen molar-refractivity contribution < 1.29 is 27.9 Å². The van der Waals surface area contributed by atoms with Gasteiger partial charge in [-0.1, -0.05) is 24.2 Å². The molecule has 27 heavy (non-hydrogen) atoms. The molecule has 2 aromatic carbocycles. The highest BCUT2D eigenvalue weighted by Gasteiger charge is 2.10. The number of methoxy groups -OCH3 is 1. The lowest BCUT2D eigenvalue weighted by atomic mass is 10.1. The molecule has 0 unspecified atom stereocenters. The lowest BCUT2D eigenvalue weighted by molar-refractivity contribution is -0.120. The summed E-state index contributed by atoms with van der Waals surface area (Å²) in [6.07, 6.45) is 2.20. The molecular weight excluding hydrogens is 358 g/mol. The van der Waals surface area contributed by atoms with Crippen LogP contribution in [0, 0.1) is 0 Å². The molecule has 0 aliphatic rings. The number of carbonyl (C=O) groups excluding carboxylic acids is 1. The standard InChI is InChI=1S/C19H20F2N2O4/c1-3-13-5-4-6-15(9-13)23-18(24)12-26-22-11-14-7-8-16(27-19(20)21)17(10-14)25-2/h4-11,19H,3,12H2,1-2H3,(H,23,24)/b22-11-. The van der Waals surface area contributed by atoms with E-state index in [-0.39, 0.29) is 24.0 Å². The van der Waals surface area contributed by atoms with Gasteiger partial charge in [0.05, 0.1) is 13.3 Å². The van der Waals surface area contributed by atoms with E-state index in [0.29, 0.717) is 11.3 Å². The normalized spacial score (nSPS) is 10.9. The molecule has 0 saturated heterocycles. The zero-order valence-electron chi connectivity index (χ0n) is 14.9. The minimum absolute atomic E-state index is 0.0840. The SMILES string of the molecule is CCc1cccc(NC(=O)CO/N=C\c2ccc(OC(F)F)c(OC)c2)c1. The third-order valence-corrected chi connectivity index (χ3v) is 3.49. The monoisotopic (exact) mass is 378 g/mol. The third kappa shape index (κ3) is 6.58. The molecule has 0 aromatic heterocycles. The highest BCUT2D eigenvalue weighted by atomic mass is 19.3. The van der Waals surface area contributed by atoms with Crippen molar-refractivity contribution in [3.63, 3.8) is 0 Å². The first kappa shape index (κ1) is 20.2. The summed E-state index contributed by atoms with van der Waals surface area (Å²) in [7, 11) is 1.34. The van der Waals surface area contributed by atoms with E-state index in [1.807, 2.05) is 25.1 Å². The van der Waals surface area contributed by atoms with Crippen LogP contribution < -0.4 is 14.8 Å². The first-order chi connectivity index (χ1) is 13.0. The van der Waals surface area contributed by atoms with Crippen LogP contribution in [0.3, 0.4) is 0 Å². The van der Waals surface area contributed by atoms with Crippen LogP contribution in [0.2, 0.25) is 0 Å². The average molecular weight is 378 g/mol. The van der Waals surface area contributed by atoms with Gasteiger partial charge < -0.3 is 19.6 Å². The molecule has 0 spiro atoms. The Morgan fingerprint density at radius 3 is 2.74 bits per heavy atom. The maximum Gasteiger partial charge on any atom is 0.387 e. The molecule has 2 rings (SSSR count). The molecule has 0 radical (unpaired) electrons. The van der Waals surface area contributed by atoms with E-state index >= 15 is 0 Å². The van der Waals surface area contributed by atoms with Crippen LogP contribution in [0.4, 0.5) is 14.5 Å². The van der Waals surface area contributed by atoms with Crippen molar-refractivity contribution in [3.8, 4) is 11.5 Å². The Bertz CT molecular complexity index is 797. The first-order valence-electron chi connectivity index (χ1n) is 8.18. The molecule has 0 bridgehead atoms. The van der Waals surface area contributed by atoms with Gasteiger partial charge in [0.15, 0.2) is 18.1 Å². The van der Waals surface area contributed by atoms with Crippen LogP contribution in [0.5, 0.6) is 11.5 Å². The van der Waals surface area contributed by atoms with Gasteiger partial charge >= 0.3 is 6.61 Å². The number of nitrogens with one attached hydrogen (secondary N) is 1. The van der Waals surface area contributed by atoms with E-state index in [9.17, 15) is 13.6 Å². The summed E-state index contributed by atoms with van der Waals surface area (Å²) >= 11 is 0. The van der Waals surface area contributed by atoms with Crippen molar-refractivity contribution in [1.29, 1.82) is 0 Å². The predicted octanol–water partition coefficient (Wildman–Crippen LogP) is 3.85. The summed E-state index contributed by atoms with van der Waals surface area (Å²) in [5.41, 5.74) is 2.33. The summed E-state index contributed by atoms with van der Waals surface area (Å²) in [5, 5.41) is 6.41. The second-order valence-electron chi connectivity index (χ2n) is 5.40. The second kappa shape index (κ2) is 10.1. The number of aryl methyl sites for hydroxylation is 1. The number of hydrogen-bond acceptors (Lipinski definition) is 5. The minimum Gasteiger partial charge on any atom is -0.493 e. The molecule has 6 nitrogen and oxygen atoms in total. The van der Waals surface area contributed by atoms with E-state index in [1.165, 1.54) is 31.5 Å². The Balaban J connectivity index is 1.86. The zero-order valence-corrected chi connectivity index (χ0v) is 14.9. The highest BCUT2D eigenvalue weighted by molar-refractivity contribution is 5.91. The fraction of sp³-hybridized carbons (Fsp3) is 0.263. The lowest BCUT2D eigenvalue weighted by Gasteiger charge is -2.09. The van der Waals surface area contributed by atoms with Crippen LogP contribution in [0.25, 0.3) is 0 Å². The zero-order chi connectivity index (χ0) is 19.6. The van der Waals surface area contributed by atoms with Crippen molar-refractivity contribution in [3.05, 3.63) is 53.6 Å². The topological polar surface area (TPSA) is 69.2 Å². The molecule has 0 heterocycles. The number of carbonyl (C=O) groups is 1. The number of alkyl halides is 2. The van der Waals surface area contributed by atoms with Crippen LogP contribution in [-0.2, 0) is 16.1 Å². The average Bonchev–Trinajstić information content (AvgIpc) is 2.66. The van der Waals surface area contributed by atoms with Crippen molar-refractivity contribution in [2.75, 3.05) is 19.0 Å². The first-order valence-corrected chi connectivity index (χ1v) is 8.18. The van der Waals surface area contributed by atoms with E-state index in [4.69, 9.17) is 9.57 Å². The summed E-state index contributed by atoms with van der Waals surface area (Å²) < 4.78 is 33.9. The van der Waals surface area contributed by atoms with Crippen LogP contribution in [-0.4, -0.2) is 32.4 Å². The second-order valence-corrected chi connectivity index (χ2v) is 5.40. The lowest BCUT2D eigenvalue weighted by Crippen LogP contribution is -2.17. The number of nitrogens with zero attached hydrogens (tertiary/aromatic N) is 1. The van der Waals surface area contributed by atoms with Gasteiger partial charge in [-0.2, -0.15) is 8.78 Å². The van der Waals surface area contributed by atoms with Gasteiger partial charge in [-0.05, 0) is 42.3 Å². The Kier molecular flexibility index (Phi) is 7.54. The number of ether oxygens (including phenoxy) is 2. The van der Waals surface area contributed by atoms with Crippen molar-refractivity contribution in [1.82, 2.24) is 0 Å². The summed E-state index contributed by atoms with van der Waals surface area (Å²) in [5.74, 6) is -0.300. The summed E-state index contributed by atoms with van der Waals surface area (Å²) in [6.45, 7) is -1.19. The third-order valence-electron chi connectivity index (χ3n) is 3.49. The van der Waals surface area contributed by atoms with Gasteiger partial charge in [-0.3, -0.25) is 4.79 Å². The molecule has 1 N–H and O–H groups in total. The van der Waals surface area contributed by atoms with E-state index in [0.717, 1.165) is 12.0 Å². The number of benzene rings is 2. The Labute approximate surface area is 155 Å². The van der Waals surface area contributed by atoms with Gasteiger partial charge in [0.2, 0.25) is 0 Å². The number of anilines is 1. The predicted molar refractivity (Wildman–Crippen MR) is 97.6 cm³/mol. The Hall–Kier alpha value is -3.16. The maximum atomic E-state index is 12.3. The van der Waals surface area contributed by atoms with Crippen LogP contribution in [0.15, 0.2) is 47.6 Å². The van der Waals surface area contributed by atoms with Crippen molar-refractivity contribution in [2.45, 2.75) is 20.0 Å². The number of rotatable bonds is 9. The van der Waals surface area contributed by atoms with Crippen LogP contribution in [0.1, 0.15) is 18.1 Å². The van der Waals surface area contributed by atoms with Crippen molar-refractivity contribution >= 4 is 17.8 Å². The van der Waals surface area contributed by atoms with Gasteiger partial charge in [0.1, 0.15) is 0 Å². The molecule has 8 heteroatoms. The largest absolute Gasteiger partial charge is 0.493 e. The van der Waals surface area contributed by atoms with Crippen LogP contribution >= 0.6 is 0 Å². The quantitative estimate of drug-likeness (QED) is 0.532. The van der Waals surface area contributed by atoms with Gasteiger partial charge in [-0.15, -0.1) is 0 Å². The van der Waals surface area contributed by atoms with E-state index in [2.05, 4.69) is 15.2 Å². The van der Waals surface area contributed by atoms with Crippen molar-refractivity contribution in [2.24, 2.45) is 5.16 Å². The van der Waals surface area contributed by atoms with Gasteiger partial charge in [0.25, 0.3) is 5.91 Å². The Morgan fingerprint density at radius 1 is 1.22 bits per heavy atom. The van der Waals surface area contributed by atoms with E-state index < -0.39 is 6.61 Å². The molecule has 1 amide bonds. The fourth-order valence-corrected chi connectivity index (χ4v) is 2.22. The molecule has 0 aliphatic carbocycles.